The van der Waals surface area contributed by atoms with E-state index < -0.39 is 20.5 Å². The van der Waals surface area contributed by atoms with Crippen molar-refractivity contribution in [2.75, 3.05) is 13.2 Å². The van der Waals surface area contributed by atoms with Gasteiger partial charge in [0.1, 0.15) is 0 Å². The van der Waals surface area contributed by atoms with Gasteiger partial charge in [0, 0.05) is 5.41 Å². The number of benzene rings is 1. The topological polar surface area (TPSA) is 74.6 Å². The lowest BCUT2D eigenvalue weighted by Crippen LogP contribution is -2.22. The quantitative estimate of drug-likeness (QED) is 0.791. The first-order chi connectivity index (χ1) is 7.57. The van der Waals surface area contributed by atoms with Crippen molar-refractivity contribution in [3.8, 4) is 0 Å². The van der Waals surface area contributed by atoms with Crippen molar-refractivity contribution in [3.63, 3.8) is 0 Å². The molecule has 1 aromatic carbocycles. The molecule has 0 amide bonds. The molecular weight excluding hydrogens is 228 g/mol. The molecule has 4 nitrogen and oxygen atoms in total. The first-order valence-corrected chi connectivity index (χ1v) is 6.62. The van der Waals surface area contributed by atoms with Gasteiger partial charge in [-0.3, -0.25) is 0 Å². The Kier molecular flexibility index (Phi) is 2.77. The van der Waals surface area contributed by atoms with Gasteiger partial charge in [-0.25, -0.2) is 8.42 Å². The van der Waals surface area contributed by atoms with E-state index in [1.165, 1.54) is 12.1 Å². The van der Waals surface area contributed by atoms with Gasteiger partial charge < -0.3 is 10.2 Å². The molecule has 1 aliphatic rings. The second kappa shape index (κ2) is 3.84. The Hall–Kier alpha value is -0.910. The Balaban J connectivity index is 2.30. The van der Waals surface area contributed by atoms with Crippen molar-refractivity contribution in [1.82, 2.24) is 0 Å². The highest BCUT2D eigenvalue weighted by Gasteiger charge is 2.60. The van der Waals surface area contributed by atoms with Gasteiger partial charge in [-0.05, 0) is 18.6 Å². The highest BCUT2D eigenvalue weighted by molar-refractivity contribution is 7.92. The standard InChI is InChI=1S/C11H14O4S/c12-7-11(8-13)6-10(11)16(14,15)9-4-2-1-3-5-9/h1-5,10,12-13H,6-8H2. The Morgan fingerprint density at radius 3 is 2.19 bits per heavy atom. The highest BCUT2D eigenvalue weighted by Crippen LogP contribution is 2.51. The molecule has 0 bridgehead atoms. The van der Waals surface area contributed by atoms with E-state index in [1.807, 2.05) is 0 Å². The molecule has 16 heavy (non-hydrogen) atoms. The predicted octanol–water partition coefficient (Wildman–Crippen LogP) is 0.204. The fourth-order valence-corrected chi connectivity index (χ4v) is 4.13. The van der Waals surface area contributed by atoms with Crippen LogP contribution in [0, 0.1) is 5.41 Å². The van der Waals surface area contributed by atoms with Crippen LogP contribution in [0.3, 0.4) is 0 Å². The molecule has 0 aliphatic heterocycles. The first kappa shape index (κ1) is 11.6. The van der Waals surface area contributed by atoms with Crippen molar-refractivity contribution >= 4 is 9.84 Å². The fraction of sp³-hybridized carbons (Fsp3) is 0.455. The molecule has 2 rings (SSSR count). The normalized spacial score (nSPS) is 23.0. The van der Waals surface area contributed by atoms with Gasteiger partial charge in [0.25, 0.3) is 0 Å². The molecule has 1 fully saturated rings. The van der Waals surface area contributed by atoms with Crippen molar-refractivity contribution in [2.45, 2.75) is 16.6 Å². The van der Waals surface area contributed by atoms with Gasteiger partial charge in [-0.2, -0.15) is 0 Å². The summed E-state index contributed by atoms with van der Waals surface area (Å²) < 4.78 is 24.2. The average Bonchev–Trinajstić information content (AvgIpc) is 3.06. The molecule has 88 valence electrons. The Morgan fingerprint density at radius 2 is 1.75 bits per heavy atom. The zero-order valence-corrected chi connectivity index (χ0v) is 9.52. The second-order valence-electron chi connectivity index (χ2n) is 4.23. The van der Waals surface area contributed by atoms with E-state index in [1.54, 1.807) is 18.2 Å². The van der Waals surface area contributed by atoms with Gasteiger partial charge >= 0.3 is 0 Å². The van der Waals surface area contributed by atoms with E-state index in [0.29, 0.717) is 6.42 Å². The summed E-state index contributed by atoms with van der Waals surface area (Å²) in [6, 6.07) is 8.14. The lowest BCUT2D eigenvalue weighted by Gasteiger charge is -2.10. The number of hydrogen-bond donors (Lipinski definition) is 2. The molecular formula is C11H14O4S. The maximum Gasteiger partial charge on any atom is 0.181 e. The van der Waals surface area contributed by atoms with Gasteiger partial charge in [0.05, 0.1) is 23.4 Å². The second-order valence-corrected chi connectivity index (χ2v) is 6.36. The summed E-state index contributed by atoms with van der Waals surface area (Å²) in [5.74, 6) is 0. The lowest BCUT2D eigenvalue weighted by molar-refractivity contribution is 0.134. The summed E-state index contributed by atoms with van der Waals surface area (Å²) >= 11 is 0. The van der Waals surface area contributed by atoms with Crippen molar-refractivity contribution < 1.29 is 18.6 Å². The van der Waals surface area contributed by atoms with Crippen molar-refractivity contribution in [1.29, 1.82) is 0 Å². The van der Waals surface area contributed by atoms with E-state index >= 15 is 0 Å². The number of hydrogen-bond acceptors (Lipinski definition) is 4. The minimum Gasteiger partial charge on any atom is -0.396 e. The molecule has 0 saturated heterocycles. The molecule has 5 heteroatoms. The first-order valence-electron chi connectivity index (χ1n) is 5.07. The molecule has 0 spiro atoms. The smallest absolute Gasteiger partial charge is 0.181 e. The van der Waals surface area contributed by atoms with E-state index in [0.717, 1.165) is 0 Å². The van der Waals surface area contributed by atoms with Crippen molar-refractivity contribution in [3.05, 3.63) is 30.3 Å². The molecule has 1 saturated carbocycles. The van der Waals surface area contributed by atoms with Crippen LogP contribution in [0.4, 0.5) is 0 Å². The van der Waals surface area contributed by atoms with Gasteiger partial charge in [-0.1, -0.05) is 18.2 Å². The van der Waals surface area contributed by atoms with E-state index in [-0.39, 0.29) is 18.1 Å². The monoisotopic (exact) mass is 242 g/mol. The minimum absolute atomic E-state index is 0.253. The maximum absolute atomic E-state index is 12.1. The number of aliphatic hydroxyl groups is 2. The Labute approximate surface area is 94.5 Å². The van der Waals surface area contributed by atoms with Crippen LogP contribution in [0.2, 0.25) is 0 Å². The summed E-state index contributed by atoms with van der Waals surface area (Å²) in [6.07, 6.45) is 0.331. The molecule has 1 atom stereocenters. The lowest BCUT2D eigenvalue weighted by atomic mass is 10.1. The SMILES string of the molecule is O=S(=O)(c1ccccc1)C1CC1(CO)CO. The Morgan fingerprint density at radius 1 is 1.19 bits per heavy atom. The van der Waals surface area contributed by atoms with Gasteiger partial charge in [0.2, 0.25) is 0 Å². The van der Waals surface area contributed by atoms with Crippen LogP contribution in [0.1, 0.15) is 6.42 Å². The third-order valence-electron chi connectivity index (χ3n) is 3.19. The molecule has 1 unspecified atom stereocenters. The van der Waals surface area contributed by atoms with Crippen LogP contribution < -0.4 is 0 Å². The molecule has 0 heterocycles. The number of sulfone groups is 1. The maximum atomic E-state index is 12.1. The van der Waals surface area contributed by atoms with Crippen LogP contribution in [0.15, 0.2) is 35.2 Å². The van der Waals surface area contributed by atoms with Gasteiger partial charge in [-0.15, -0.1) is 0 Å². The summed E-state index contributed by atoms with van der Waals surface area (Å²) in [7, 11) is -3.42. The predicted molar refractivity (Wildman–Crippen MR) is 58.6 cm³/mol. The number of rotatable bonds is 4. The Bertz CT molecular complexity index is 462. The highest BCUT2D eigenvalue weighted by atomic mass is 32.2. The van der Waals surface area contributed by atoms with E-state index in [9.17, 15) is 8.42 Å². The van der Waals surface area contributed by atoms with Crippen LogP contribution in [-0.4, -0.2) is 37.1 Å². The third kappa shape index (κ3) is 1.65. The largest absolute Gasteiger partial charge is 0.396 e. The fourth-order valence-electron chi connectivity index (χ4n) is 1.91. The molecule has 2 N–H and O–H groups in total. The number of aliphatic hydroxyl groups excluding tert-OH is 2. The van der Waals surface area contributed by atoms with Gasteiger partial charge in [0.15, 0.2) is 9.84 Å². The van der Waals surface area contributed by atoms with Crippen LogP contribution in [0.25, 0.3) is 0 Å². The molecule has 0 aromatic heterocycles. The van der Waals surface area contributed by atoms with E-state index in [4.69, 9.17) is 10.2 Å². The summed E-state index contributed by atoms with van der Waals surface area (Å²) in [5, 5.41) is 17.6. The molecule has 0 radical (unpaired) electrons. The van der Waals surface area contributed by atoms with Crippen LogP contribution in [-0.2, 0) is 9.84 Å². The summed E-state index contributed by atoms with van der Waals surface area (Å²) in [6.45, 7) is -0.583. The van der Waals surface area contributed by atoms with Crippen LogP contribution in [0.5, 0.6) is 0 Å². The zero-order chi connectivity index (χ0) is 11.8. The zero-order valence-electron chi connectivity index (χ0n) is 8.70. The van der Waals surface area contributed by atoms with Crippen LogP contribution >= 0.6 is 0 Å². The third-order valence-corrected chi connectivity index (χ3v) is 5.54. The summed E-state index contributed by atoms with van der Waals surface area (Å²) in [5.41, 5.74) is -0.839. The summed E-state index contributed by atoms with van der Waals surface area (Å²) in [4.78, 5) is 0.253. The van der Waals surface area contributed by atoms with Crippen molar-refractivity contribution in [2.24, 2.45) is 5.41 Å². The van der Waals surface area contributed by atoms with E-state index in [2.05, 4.69) is 0 Å². The average molecular weight is 242 g/mol. The minimum atomic E-state index is -3.42. The molecule has 1 aromatic rings. The molecule has 1 aliphatic carbocycles.